The Balaban J connectivity index is 2.13. The molecule has 22 heavy (non-hydrogen) atoms. The Kier molecular flexibility index (Phi) is 3.94. The molecule has 1 aromatic heterocycles. The molecule has 0 N–H and O–H groups in total. The van der Waals surface area contributed by atoms with Gasteiger partial charge in [-0.05, 0) is 19.9 Å². The summed E-state index contributed by atoms with van der Waals surface area (Å²) in [6, 6.07) is 3.63. The molecule has 2 aromatic rings. The van der Waals surface area contributed by atoms with Gasteiger partial charge in [-0.2, -0.15) is 5.10 Å². The normalized spacial score (nSPS) is 24.4. The van der Waals surface area contributed by atoms with Crippen molar-refractivity contribution in [3.8, 4) is 0 Å². The van der Waals surface area contributed by atoms with Gasteiger partial charge in [0.1, 0.15) is 29.9 Å². The summed E-state index contributed by atoms with van der Waals surface area (Å²) in [5.41, 5.74) is -0.594. The standard InChI is InChI=1S/C15H17F2N3OS/c1-14(2)15(21-5-6-22-14,8-20-10-18-9-19-20)12-4-3-11(16)7-13(12)17/h3-4,7,9-10H,5-6,8H2,1-2H3/t15-/m1/s1. The van der Waals surface area contributed by atoms with Gasteiger partial charge in [0.05, 0.1) is 13.2 Å². The van der Waals surface area contributed by atoms with Crippen LogP contribution >= 0.6 is 11.8 Å². The van der Waals surface area contributed by atoms with Crippen molar-refractivity contribution in [3.05, 3.63) is 48.1 Å². The molecule has 0 aliphatic carbocycles. The van der Waals surface area contributed by atoms with Crippen LogP contribution in [0.1, 0.15) is 19.4 Å². The van der Waals surface area contributed by atoms with E-state index in [2.05, 4.69) is 10.1 Å². The second-order valence-corrected chi connectivity index (χ2v) is 7.47. The summed E-state index contributed by atoms with van der Waals surface area (Å²) in [7, 11) is 0. The number of aromatic nitrogens is 3. The molecule has 118 valence electrons. The number of nitrogens with zero attached hydrogens (tertiary/aromatic N) is 3. The molecule has 0 saturated carbocycles. The van der Waals surface area contributed by atoms with Gasteiger partial charge < -0.3 is 4.74 Å². The fraction of sp³-hybridized carbons (Fsp3) is 0.467. The van der Waals surface area contributed by atoms with Gasteiger partial charge in [-0.25, -0.2) is 18.4 Å². The van der Waals surface area contributed by atoms with Crippen LogP contribution in [0.15, 0.2) is 30.9 Å². The highest BCUT2D eigenvalue weighted by molar-refractivity contribution is 8.00. The van der Waals surface area contributed by atoms with Crippen LogP contribution in [-0.4, -0.2) is 31.9 Å². The van der Waals surface area contributed by atoms with E-state index >= 15 is 0 Å². The topological polar surface area (TPSA) is 39.9 Å². The van der Waals surface area contributed by atoms with E-state index in [1.165, 1.54) is 18.5 Å². The maximum absolute atomic E-state index is 14.5. The van der Waals surface area contributed by atoms with Gasteiger partial charge in [-0.1, -0.05) is 6.07 Å². The number of rotatable bonds is 3. The zero-order chi connectivity index (χ0) is 15.8. The number of ether oxygens (including phenoxy) is 1. The van der Waals surface area contributed by atoms with Crippen LogP contribution in [0.4, 0.5) is 8.78 Å². The van der Waals surface area contributed by atoms with Crippen LogP contribution in [0.3, 0.4) is 0 Å². The quantitative estimate of drug-likeness (QED) is 0.870. The monoisotopic (exact) mass is 325 g/mol. The van der Waals surface area contributed by atoms with E-state index in [0.29, 0.717) is 18.7 Å². The van der Waals surface area contributed by atoms with E-state index in [9.17, 15) is 8.78 Å². The smallest absolute Gasteiger partial charge is 0.137 e. The van der Waals surface area contributed by atoms with Gasteiger partial charge in [0.2, 0.25) is 0 Å². The molecule has 1 atom stereocenters. The molecule has 1 fully saturated rings. The Morgan fingerprint density at radius 2 is 2.18 bits per heavy atom. The van der Waals surface area contributed by atoms with Crippen LogP contribution in [0.2, 0.25) is 0 Å². The molecular formula is C15H17F2N3OS. The summed E-state index contributed by atoms with van der Waals surface area (Å²) in [4.78, 5) is 3.93. The maximum atomic E-state index is 14.5. The van der Waals surface area contributed by atoms with Gasteiger partial charge in [-0.3, -0.25) is 0 Å². The van der Waals surface area contributed by atoms with Crippen LogP contribution in [0, 0.1) is 11.6 Å². The third-order valence-electron chi connectivity index (χ3n) is 4.08. The third-order valence-corrected chi connectivity index (χ3v) is 5.51. The van der Waals surface area contributed by atoms with Crippen molar-refractivity contribution in [2.75, 3.05) is 12.4 Å². The fourth-order valence-electron chi connectivity index (χ4n) is 2.89. The number of hydrogen-bond acceptors (Lipinski definition) is 4. The molecule has 0 spiro atoms. The van der Waals surface area contributed by atoms with Crippen molar-refractivity contribution in [3.63, 3.8) is 0 Å². The molecule has 1 aliphatic rings. The summed E-state index contributed by atoms with van der Waals surface area (Å²) in [6.07, 6.45) is 3.00. The van der Waals surface area contributed by atoms with Crippen molar-refractivity contribution in [2.45, 2.75) is 30.7 Å². The Hall–Kier alpha value is -1.47. The highest BCUT2D eigenvalue weighted by Gasteiger charge is 2.52. The van der Waals surface area contributed by atoms with E-state index < -0.39 is 22.0 Å². The largest absolute Gasteiger partial charge is 0.366 e. The summed E-state index contributed by atoms with van der Waals surface area (Å²) in [6.45, 7) is 4.84. The van der Waals surface area contributed by atoms with Gasteiger partial charge in [0.15, 0.2) is 0 Å². The Morgan fingerprint density at radius 1 is 1.36 bits per heavy atom. The second kappa shape index (κ2) is 5.62. The molecule has 4 nitrogen and oxygen atoms in total. The molecular weight excluding hydrogens is 308 g/mol. The van der Waals surface area contributed by atoms with Crippen LogP contribution < -0.4 is 0 Å². The number of benzene rings is 1. The van der Waals surface area contributed by atoms with Crippen molar-refractivity contribution >= 4 is 11.8 Å². The molecule has 0 bridgehead atoms. The van der Waals surface area contributed by atoms with Gasteiger partial charge in [-0.15, -0.1) is 11.8 Å². The first-order valence-electron chi connectivity index (χ1n) is 7.00. The minimum Gasteiger partial charge on any atom is -0.366 e. The Morgan fingerprint density at radius 3 is 2.82 bits per heavy atom. The lowest BCUT2D eigenvalue weighted by molar-refractivity contribution is -0.0888. The van der Waals surface area contributed by atoms with E-state index in [1.807, 2.05) is 13.8 Å². The summed E-state index contributed by atoms with van der Waals surface area (Å²) < 4.78 is 35.1. The van der Waals surface area contributed by atoms with Crippen LogP contribution in [0.5, 0.6) is 0 Å². The lowest BCUT2D eigenvalue weighted by Crippen LogP contribution is -2.54. The first-order valence-corrected chi connectivity index (χ1v) is 7.99. The van der Waals surface area contributed by atoms with Crippen molar-refractivity contribution in [2.24, 2.45) is 0 Å². The van der Waals surface area contributed by atoms with Gasteiger partial charge >= 0.3 is 0 Å². The fourth-order valence-corrected chi connectivity index (χ4v) is 4.03. The van der Waals surface area contributed by atoms with Gasteiger partial charge in [0.25, 0.3) is 0 Å². The average molecular weight is 325 g/mol. The molecule has 0 amide bonds. The van der Waals surface area contributed by atoms with Crippen LogP contribution in [-0.2, 0) is 16.9 Å². The molecule has 0 unspecified atom stereocenters. The average Bonchev–Trinajstić information content (AvgIpc) is 2.94. The third kappa shape index (κ3) is 2.52. The maximum Gasteiger partial charge on any atom is 0.137 e. The molecule has 1 aromatic carbocycles. The minimum absolute atomic E-state index is 0.315. The number of thioether (sulfide) groups is 1. The van der Waals surface area contributed by atoms with Crippen molar-refractivity contribution < 1.29 is 13.5 Å². The molecule has 0 radical (unpaired) electrons. The highest BCUT2D eigenvalue weighted by Crippen LogP contribution is 2.49. The summed E-state index contributed by atoms with van der Waals surface area (Å²) in [5.74, 6) is -0.372. The zero-order valence-corrected chi connectivity index (χ0v) is 13.2. The van der Waals surface area contributed by atoms with E-state index in [-0.39, 0.29) is 0 Å². The molecule has 7 heteroatoms. The van der Waals surface area contributed by atoms with E-state index in [4.69, 9.17) is 4.74 Å². The molecule has 1 saturated heterocycles. The lowest BCUT2D eigenvalue weighted by Gasteiger charge is -2.49. The summed E-state index contributed by atoms with van der Waals surface area (Å²) in [5, 5.41) is 4.11. The number of halogens is 2. The Bertz CT molecular complexity index is 663. The molecule has 3 rings (SSSR count). The lowest BCUT2D eigenvalue weighted by atomic mass is 9.81. The molecule has 2 heterocycles. The first kappa shape index (κ1) is 15.4. The van der Waals surface area contributed by atoms with E-state index in [0.717, 1.165) is 11.8 Å². The zero-order valence-electron chi connectivity index (χ0n) is 12.4. The SMILES string of the molecule is CC1(C)SCCO[C@]1(Cn1cncn1)c1ccc(F)cc1F. The second-order valence-electron chi connectivity index (χ2n) is 5.75. The van der Waals surface area contributed by atoms with Crippen molar-refractivity contribution in [1.29, 1.82) is 0 Å². The predicted octanol–water partition coefficient (Wildman–Crippen LogP) is 2.99. The number of hydrogen-bond donors (Lipinski definition) is 0. The minimum atomic E-state index is -0.943. The Labute approximate surface area is 131 Å². The summed E-state index contributed by atoms with van der Waals surface area (Å²) >= 11 is 1.71. The van der Waals surface area contributed by atoms with Gasteiger partial charge in [0, 0.05) is 22.1 Å². The first-order chi connectivity index (χ1) is 10.4. The molecule has 1 aliphatic heterocycles. The highest BCUT2D eigenvalue weighted by atomic mass is 32.2. The predicted molar refractivity (Wildman–Crippen MR) is 80.5 cm³/mol. The van der Waals surface area contributed by atoms with Crippen molar-refractivity contribution in [1.82, 2.24) is 14.8 Å². The van der Waals surface area contributed by atoms with Crippen LogP contribution in [0.25, 0.3) is 0 Å². The van der Waals surface area contributed by atoms with E-state index in [1.54, 1.807) is 22.8 Å².